The van der Waals surface area contributed by atoms with E-state index in [-0.39, 0.29) is 4.90 Å². The second kappa shape index (κ2) is 6.09. The third-order valence-corrected chi connectivity index (χ3v) is 6.27. The molecule has 1 aliphatic rings. The predicted molar refractivity (Wildman–Crippen MR) is 100 cm³/mol. The first kappa shape index (κ1) is 16.0. The summed E-state index contributed by atoms with van der Waals surface area (Å²) in [4.78, 5) is 2.52. The highest BCUT2D eigenvalue weighted by Crippen LogP contribution is 2.30. The Hall–Kier alpha value is -2.51. The number of nitrogens with two attached hydrogens (primary N) is 1. The number of anilines is 2. The van der Waals surface area contributed by atoms with Crippen molar-refractivity contribution in [2.24, 2.45) is 0 Å². The number of piperazine rings is 1. The minimum Gasteiger partial charge on any atom is -0.399 e. The third kappa shape index (κ3) is 2.75. The predicted octanol–water partition coefficient (Wildman–Crippen LogP) is 1.87. The number of nitrogens with zero attached hydrogens (tertiary/aromatic N) is 2. The van der Waals surface area contributed by atoms with Crippen molar-refractivity contribution in [3.63, 3.8) is 0 Å². The van der Waals surface area contributed by atoms with Gasteiger partial charge in [-0.2, -0.15) is 0 Å². The smallest absolute Gasteiger partial charge is 0.268 e. The Balaban J connectivity index is 1.82. The minimum atomic E-state index is -3.66. The molecule has 1 fully saturated rings. The lowest BCUT2D eigenvalue weighted by molar-refractivity contribution is 0.588. The molecule has 3 aromatic rings. The Kier molecular flexibility index (Phi) is 3.89. The summed E-state index contributed by atoms with van der Waals surface area (Å²) in [5.74, 6) is 0. The lowest BCUT2D eigenvalue weighted by atomic mass is 10.2. The number of hydrogen-bond acceptors (Lipinski definition) is 5. The topological polar surface area (TPSA) is 80.4 Å². The molecule has 1 aliphatic heterocycles. The average Bonchev–Trinajstić information content (AvgIpc) is 3.08. The average molecular weight is 356 g/mol. The second-order valence-corrected chi connectivity index (χ2v) is 7.95. The van der Waals surface area contributed by atoms with Crippen LogP contribution in [0.25, 0.3) is 10.9 Å². The van der Waals surface area contributed by atoms with E-state index in [0.717, 1.165) is 37.3 Å². The molecule has 1 saturated heterocycles. The molecule has 130 valence electrons. The van der Waals surface area contributed by atoms with E-state index < -0.39 is 10.0 Å². The number of rotatable bonds is 3. The molecule has 0 unspecified atom stereocenters. The first-order valence-corrected chi connectivity index (χ1v) is 9.68. The Morgan fingerprint density at radius 1 is 0.960 bits per heavy atom. The highest BCUT2D eigenvalue weighted by Gasteiger charge is 2.21. The molecule has 0 radical (unpaired) electrons. The molecule has 0 bridgehead atoms. The fourth-order valence-electron chi connectivity index (χ4n) is 3.27. The molecule has 3 N–H and O–H groups in total. The zero-order valence-electron chi connectivity index (χ0n) is 13.7. The molecule has 25 heavy (non-hydrogen) atoms. The fourth-order valence-corrected chi connectivity index (χ4v) is 4.62. The molecule has 0 saturated carbocycles. The van der Waals surface area contributed by atoms with Crippen LogP contribution in [0.1, 0.15) is 0 Å². The Labute approximate surface area is 146 Å². The molecule has 0 amide bonds. The lowest BCUT2D eigenvalue weighted by Crippen LogP contribution is -2.43. The molecule has 0 spiro atoms. The van der Waals surface area contributed by atoms with E-state index in [1.54, 1.807) is 18.3 Å². The fraction of sp³-hybridized carbons (Fsp3) is 0.222. The summed E-state index contributed by atoms with van der Waals surface area (Å²) in [6.07, 6.45) is 1.63. The normalized spacial score (nSPS) is 15.6. The zero-order valence-corrected chi connectivity index (χ0v) is 14.5. The number of nitrogen functional groups attached to an aromatic ring is 1. The van der Waals surface area contributed by atoms with Gasteiger partial charge >= 0.3 is 0 Å². The van der Waals surface area contributed by atoms with Gasteiger partial charge in [-0.3, -0.25) is 0 Å². The van der Waals surface area contributed by atoms with Crippen molar-refractivity contribution in [1.29, 1.82) is 0 Å². The largest absolute Gasteiger partial charge is 0.399 e. The van der Waals surface area contributed by atoms with Gasteiger partial charge in [-0.15, -0.1) is 0 Å². The van der Waals surface area contributed by atoms with Gasteiger partial charge in [0.15, 0.2) is 0 Å². The van der Waals surface area contributed by atoms with Crippen LogP contribution in [0.5, 0.6) is 0 Å². The van der Waals surface area contributed by atoms with Crippen LogP contribution in [0, 0.1) is 0 Å². The molecule has 2 heterocycles. The number of hydrogen-bond donors (Lipinski definition) is 2. The van der Waals surface area contributed by atoms with E-state index in [1.807, 2.05) is 24.3 Å². The Bertz CT molecular complexity index is 1000. The first-order valence-electron chi connectivity index (χ1n) is 8.24. The quantitative estimate of drug-likeness (QED) is 0.701. The van der Waals surface area contributed by atoms with Crippen LogP contribution < -0.4 is 16.0 Å². The van der Waals surface area contributed by atoms with E-state index in [2.05, 4.69) is 10.2 Å². The molecule has 1 aromatic heterocycles. The van der Waals surface area contributed by atoms with Crippen LogP contribution in [0.15, 0.2) is 59.6 Å². The summed E-state index contributed by atoms with van der Waals surface area (Å²) in [6.45, 7) is 3.69. The van der Waals surface area contributed by atoms with Gasteiger partial charge in [0.2, 0.25) is 0 Å². The Morgan fingerprint density at radius 3 is 2.40 bits per heavy atom. The van der Waals surface area contributed by atoms with Gasteiger partial charge in [0.1, 0.15) is 0 Å². The van der Waals surface area contributed by atoms with E-state index in [9.17, 15) is 8.42 Å². The lowest BCUT2D eigenvalue weighted by Gasteiger charge is -2.30. The van der Waals surface area contributed by atoms with E-state index in [4.69, 9.17) is 5.73 Å². The van der Waals surface area contributed by atoms with E-state index in [1.165, 1.54) is 16.1 Å². The van der Waals surface area contributed by atoms with Gasteiger partial charge < -0.3 is 16.0 Å². The summed E-state index contributed by atoms with van der Waals surface area (Å²) in [7, 11) is -3.66. The summed E-state index contributed by atoms with van der Waals surface area (Å²) in [5, 5.41) is 4.28. The maximum Gasteiger partial charge on any atom is 0.268 e. The van der Waals surface area contributed by atoms with Crippen molar-refractivity contribution in [1.82, 2.24) is 9.29 Å². The molecule has 2 aromatic carbocycles. The van der Waals surface area contributed by atoms with Crippen molar-refractivity contribution in [2.75, 3.05) is 36.8 Å². The van der Waals surface area contributed by atoms with Crippen molar-refractivity contribution in [3.8, 4) is 0 Å². The minimum absolute atomic E-state index is 0.228. The monoisotopic (exact) mass is 356 g/mol. The summed E-state index contributed by atoms with van der Waals surface area (Å²) >= 11 is 0. The van der Waals surface area contributed by atoms with Crippen LogP contribution in [-0.2, 0) is 10.0 Å². The van der Waals surface area contributed by atoms with Gasteiger partial charge in [0.25, 0.3) is 10.0 Å². The number of nitrogens with one attached hydrogen (secondary N) is 1. The van der Waals surface area contributed by atoms with Gasteiger partial charge in [0.05, 0.1) is 10.4 Å². The van der Waals surface area contributed by atoms with Crippen LogP contribution >= 0.6 is 0 Å². The molecule has 7 heteroatoms. The maximum absolute atomic E-state index is 13.0. The zero-order chi connectivity index (χ0) is 17.4. The summed E-state index contributed by atoms with van der Waals surface area (Å²) < 4.78 is 27.4. The molecule has 6 nitrogen and oxygen atoms in total. The van der Waals surface area contributed by atoms with E-state index in [0.29, 0.717) is 11.2 Å². The van der Waals surface area contributed by atoms with Gasteiger partial charge in [-0.25, -0.2) is 12.4 Å². The Morgan fingerprint density at radius 2 is 1.68 bits per heavy atom. The molecular formula is C18H20N4O2S. The van der Waals surface area contributed by atoms with Crippen molar-refractivity contribution >= 4 is 32.3 Å². The van der Waals surface area contributed by atoms with Crippen LogP contribution in [0.4, 0.5) is 11.4 Å². The molecule has 4 rings (SSSR count). The number of aromatic nitrogens is 1. The number of benzene rings is 2. The van der Waals surface area contributed by atoms with Crippen molar-refractivity contribution in [2.45, 2.75) is 4.90 Å². The molecule has 0 atom stereocenters. The van der Waals surface area contributed by atoms with Crippen LogP contribution in [-0.4, -0.2) is 38.6 Å². The highest BCUT2D eigenvalue weighted by atomic mass is 32.2. The van der Waals surface area contributed by atoms with E-state index >= 15 is 0 Å². The van der Waals surface area contributed by atoms with Crippen LogP contribution in [0.3, 0.4) is 0 Å². The summed E-state index contributed by atoms with van der Waals surface area (Å²) in [5.41, 5.74) is 7.97. The summed E-state index contributed by atoms with van der Waals surface area (Å²) in [6, 6.07) is 14.0. The third-order valence-electron chi connectivity index (χ3n) is 4.57. The first-order chi connectivity index (χ1) is 12.1. The van der Waals surface area contributed by atoms with Gasteiger partial charge in [-0.1, -0.05) is 6.07 Å². The molecular weight excluding hydrogens is 336 g/mol. The maximum atomic E-state index is 13.0. The van der Waals surface area contributed by atoms with Crippen molar-refractivity contribution in [3.05, 3.63) is 54.7 Å². The standard InChI is InChI=1S/C18H20N4O2S/c19-14-4-6-15(7-5-14)25(23,24)22-11-8-16-17(2-1-3-18(16)22)21-12-9-20-10-13-21/h1-8,11,20H,9-10,12-13,19H2. The van der Waals surface area contributed by atoms with Crippen molar-refractivity contribution < 1.29 is 8.42 Å². The second-order valence-electron chi connectivity index (χ2n) is 6.13. The van der Waals surface area contributed by atoms with Crippen LogP contribution in [0.2, 0.25) is 0 Å². The SMILES string of the molecule is Nc1ccc(S(=O)(=O)n2ccc3c(N4CCNCC4)cccc32)cc1. The molecule has 0 aliphatic carbocycles. The number of fused-ring (bicyclic) bond motifs is 1. The van der Waals surface area contributed by atoms with Gasteiger partial charge in [0, 0.05) is 49.1 Å². The highest BCUT2D eigenvalue weighted by molar-refractivity contribution is 7.90. The van der Waals surface area contributed by atoms with Gasteiger partial charge in [-0.05, 0) is 42.5 Å².